The van der Waals surface area contributed by atoms with Gasteiger partial charge < -0.3 is 14.8 Å². The summed E-state index contributed by atoms with van der Waals surface area (Å²) in [6, 6.07) is 5.13. The van der Waals surface area contributed by atoms with Gasteiger partial charge in [0.15, 0.2) is 0 Å². The van der Waals surface area contributed by atoms with Crippen molar-refractivity contribution in [3.05, 3.63) is 23.8 Å². The number of hydrogen-bond donors (Lipinski definition) is 1. The van der Waals surface area contributed by atoms with Crippen molar-refractivity contribution in [2.45, 2.75) is 12.8 Å². The summed E-state index contributed by atoms with van der Waals surface area (Å²) in [4.78, 5) is 11.9. The minimum Gasteiger partial charge on any atom is -0.497 e. The van der Waals surface area contributed by atoms with Crippen molar-refractivity contribution in [1.82, 2.24) is 5.32 Å². The summed E-state index contributed by atoms with van der Waals surface area (Å²) in [5.41, 5.74) is 0.546. The maximum Gasteiger partial charge on any atom is 0.251 e. The van der Waals surface area contributed by atoms with Crippen LogP contribution in [0.4, 0.5) is 0 Å². The summed E-state index contributed by atoms with van der Waals surface area (Å²) in [7, 11) is 3.12. The molecule has 0 aliphatic heterocycles. The maximum atomic E-state index is 11.9. The molecule has 1 rings (SSSR count). The largest absolute Gasteiger partial charge is 0.497 e. The van der Waals surface area contributed by atoms with Crippen molar-refractivity contribution in [1.29, 1.82) is 0 Å². The number of ether oxygens (including phenoxy) is 2. The van der Waals surface area contributed by atoms with E-state index < -0.39 is 0 Å². The second kappa shape index (κ2) is 7.97. The van der Waals surface area contributed by atoms with Crippen LogP contribution in [0.15, 0.2) is 18.2 Å². The summed E-state index contributed by atoms with van der Waals surface area (Å²) < 4.78 is 10.2. The number of nitrogens with one attached hydrogen (secondary N) is 1. The minimum atomic E-state index is -0.109. The third-order valence-electron chi connectivity index (χ3n) is 2.46. The van der Waals surface area contributed by atoms with Gasteiger partial charge in [0.05, 0.1) is 14.2 Å². The van der Waals surface area contributed by atoms with Crippen molar-refractivity contribution in [3.63, 3.8) is 0 Å². The lowest BCUT2D eigenvalue weighted by Crippen LogP contribution is -2.24. The van der Waals surface area contributed by atoms with E-state index in [-0.39, 0.29) is 5.91 Å². The lowest BCUT2D eigenvalue weighted by Gasteiger charge is -2.09. The van der Waals surface area contributed by atoms with Crippen LogP contribution in [0.1, 0.15) is 23.2 Å². The normalized spacial score (nSPS) is 9.94. The van der Waals surface area contributed by atoms with Gasteiger partial charge in [-0.05, 0) is 25.0 Å². The zero-order valence-electron chi connectivity index (χ0n) is 10.7. The first-order valence-corrected chi connectivity index (χ1v) is 6.90. The highest BCUT2D eigenvalue weighted by atomic mass is 79.9. The molecule has 4 nitrogen and oxygen atoms in total. The molecule has 0 saturated heterocycles. The molecule has 0 saturated carbocycles. The number of carbonyl (C=O) groups is 1. The summed E-state index contributed by atoms with van der Waals surface area (Å²) in [5, 5.41) is 3.82. The predicted molar refractivity (Wildman–Crippen MR) is 74.9 cm³/mol. The number of halogens is 1. The smallest absolute Gasteiger partial charge is 0.251 e. The van der Waals surface area contributed by atoms with Crippen LogP contribution >= 0.6 is 15.9 Å². The lowest BCUT2D eigenvalue weighted by atomic mass is 10.2. The van der Waals surface area contributed by atoms with Gasteiger partial charge in [-0.15, -0.1) is 0 Å². The van der Waals surface area contributed by atoms with E-state index in [0.717, 1.165) is 18.2 Å². The van der Waals surface area contributed by atoms with Crippen LogP contribution in [-0.4, -0.2) is 32.0 Å². The SMILES string of the molecule is COc1cc(OC)cc(C(=O)NCCCCBr)c1. The Kier molecular flexibility index (Phi) is 6.57. The summed E-state index contributed by atoms with van der Waals surface area (Å²) in [5.74, 6) is 1.11. The van der Waals surface area contributed by atoms with Gasteiger partial charge in [0, 0.05) is 23.5 Å². The first kappa shape index (κ1) is 14.8. The van der Waals surface area contributed by atoms with Gasteiger partial charge in [0.1, 0.15) is 11.5 Å². The first-order chi connectivity index (χ1) is 8.71. The second-order valence-electron chi connectivity index (χ2n) is 3.75. The van der Waals surface area contributed by atoms with Crippen molar-refractivity contribution in [2.24, 2.45) is 0 Å². The molecule has 1 amide bonds. The Morgan fingerprint density at radius 2 is 1.78 bits per heavy atom. The number of rotatable bonds is 7. The molecule has 5 heteroatoms. The lowest BCUT2D eigenvalue weighted by molar-refractivity contribution is 0.0952. The van der Waals surface area contributed by atoms with Crippen molar-refractivity contribution in [3.8, 4) is 11.5 Å². The van der Waals surface area contributed by atoms with Crippen LogP contribution in [-0.2, 0) is 0 Å². The fourth-order valence-electron chi connectivity index (χ4n) is 1.46. The minimum absolute atomic E-state index is 0.109. The zero-order valence-corrected chi connectivity index (χ0v) is 12.2. The Balaban J connectivity index is 2.66. The molecule has 0 radical (unpaired) electrons. The van der Waals surface area contributed by atoms with E-state index in [0.29, 0.717) is 23.6 Å². The van der Waals surface area contributed by atoms with Gasteiger partial charge in [0.2, 0.25) is 0 Å². The molecule has 0 spiro atoms. The quantitative estimate of drug-likeness (QED) is 0.621. The number of hydrogen-bond acceptors (Lipinski definition) is 3. The fourth-order valence-corrected chi connectivity index (χ4v) is 1.86. The van der Waals surface area contributed by atoms with Crippen molar-refractivity contribution < 1.29 is 14.3 Å². The topological polar surface area (TPSA) is 47.6 Å². The highest BCUT2D eigenvalue weighted by Crippen LogP contribution is 2.22. The first-order valence-electron chi connectivity index (χ1n) is 5.78. The molecule has 0 aliphatic carbocycles. The van der Waals surface area contributed by atoms with Gasteiger partial charge in [-0.2, -0.15) is 0 Å². The molecule has 0 aromatic heterocycles. The number of unbranched alkanes of at least 4 members (excludes halogenated alkanes) is 1. The molecule has 1 aromatic carbocycles. The van der Waals surface area contributed by atoms with Crippen LogP contribution in [0.25, 0.3) is 0 Å². The highest BCUT2D eigenvalue weighted by Gasteiger charge is 2.09. The Morgan fingerprint density at radius 1 is 1.17 bits per heavy atom. The third kappa shape index (κ3) is 4.56. The van der Waals surface area contributed by atoms with Gasteiger partial charge in [-0.1, -0.05) is 15.9 Å². The Labute approximate surface area is 116 Å². The average molecular weight is 316 g/mol. The third-order valence-corrected chi connectivity index (χ3v) is 3.02. The van der Waals surface area contributed by atoms with Crippen molar-refractivity contribution >= 4 is 21.8 Å². The number of methoxy groups -OCH3 is 2. The van der Waals surface area contributed by atoms with E-state index in [9.17, 15) is 4.79 Å². The molecular formula is C13H18BrNO3. The van der Waals surface area contributed by atoms with Gasteiger partial charge in [-0.3, -0.25) is 4.79 Å². The molecule has 1 N–H and O–H groups in total. The molecule has 0 unspecified atom stereocenters. The molecule has 1 aromatic rings. The standard InChI is InChI=1S/C13H18BrNO3/c1-17-11-7-10(8-12(9-11)18-2)13(16)15-6-4-3-5-14/h7-9H,3-6H2,1-2H3,(H,15,16). The maximum absolute atomic E-state index is 11.9. The summed E-state index contributed by atoms with van der Waals surface area (Å²) in [6.07, 6.45) is 2.00. The van der Waals surface area contributed by atoms with E-state index in [2.05, 4.69) is 21.2 Å². The number of amides is 1. The van der Waals surface area contributed by atoms with Crippen LogP contribution in [0.2, 0.25) is 0 Å². The fraction of sp³-hybridized carbons (Fsp3) is 0.462. The Morgan fingerprint density at radius 3 is 2.28 bits per heavy atom. The molecule has 18 heavy (non-hydrogen) atoms. The molecule has 0 heterocycles. The molecule has 0 bridgehead atoms. The van der Waals surface area contributed by atoms with E-state index in [1.165, 1.54) is 0 Å². The number of alkyl halides is 1. The van der Waals surface area contributed by atoms with Crippen molar-refractivity contribution in [2.75, 3.05) is 26.1 Å². The van der Waals surface area contributed by atoms with Gasteiger partial charge >= 0.3 is 0 Å². The molecule has 0 aliphatic rings. The summed E-state index contributed by atoms with van der Waals surface area (Å²) in [6.45, 7) is 0.671. The molecular weight excluding hydrogens is 298 g/mol. The second-order valence-corrected chi connectivity index (χ2v) is 4.55. The van der Waals surface area contributed by atoms with E-state index in [1.807, 2.05) is 0 Å². The van der Waals surface area contributed by atoms with Gasteiger partial charge in [0.25, 0.3) is 5.91 Å². The molecule has 0 atom stereocenters. The monoisotopic (exact) mass is 315 g/mol. The summed E-state index contributed by atoms with van der Waals surface area (Å²) >= 11 is 3.35. The number of carbonyl (C=O) groups excluding carboxylic acids is 1. The van der Waals surface area contributed by atoms with Crippen LogP contribution < -0.4 is 14.8 Å². The van der Waals surface area contributed by atoms with E-state index in [1.54, 1.807) is 32.4 Å². The van der Waals surface area contributed by atoms with Crippen LogP contribution in [0, 0.1) is 0 Å². The van der Waals surface area contributed by atoms with Crippen LogP contribution in [0.5, 0.6) is 11.5 Å². The van der Waals surface area contributed by atoms with E-state index >= 15 is 0 Å². The average Bonchev–Trinajstić information content (AvgIpc) is 2.42. The highest BCUT2D eigenvalue weighted by molar-refractivity contribution is 9.09. The molecule has 100 valence electrons. The molecule has 0 fully saturated rings. The zero-order chi connectivity index (χ0) is 13.4. The van der Waals surface area contributed by atoms with Gasteiger partial charge in [-0.25, -0.2) is 0 Å². The Bertz CT molecular complexity index is 374. The van der Waals surface area contributed by atoms with Crippen LogP contribution in [0.3, 0.4) is 0 Å². The Hall–Kier alpha value is -1.23. The number of benzene rings is 1. The predicted octanol–water partition coefficient (Wildman–Crippen LogP) is 2.61. The van der Waals surface area contributed by atoms with E-state index in [4.69, 9.17) is 9.47 Å².